The highest BCUT2D eigenvalue weighted by Gasteiger charge is 2.45. The summed E-state index contributed by atoms with van der Waals surface area (Å²) >= 11 is 0. The van der Waals surface area contributed by atoms with Gasteiger partial charge in [-0.05, 0) is 70.2 Å². The number of hydrogen-bond donors (Lipinski definition) is 2. The van der Waals surface area contributed by atoms with E-state index in [0.717, 1.165) is 43.3 Å². The van der Waals surface area contributed by atoms with Gasteiger partial charge in [-0.2, -0.15) is 23.2 Å². The number of nitrogens with one attached hydrogen (secondary N) is 2. The van der Waals surface area contributed by atoms with Crippen molar-refractivity contribution < 1.29 is 39.2 Å². The predicted octanol–water partition coefficient (Wildman–Crippen LogP) is 3.61. The fourth-order valence-electron chi connectivity index (χ4n) is 2.92. The van der Waals surface area contributed by atoms with Crippen LogP contribution < -0.4 is 10.0 Å². The molecule has 0 unspecified atom stereocenters. The van der Waals surface area contributed by atoms with Crippen LogP contribution in [-0.2, 0) is 30.8 Å². The molecular formula is C22H23F4N3O5S2. The third-order valence-electron chi connectivity index (χ3n) is 5.02. The first-order valence-electron chi connectivity index (χ1n) is 10.2. The summed E-state index contributed by atoms with van der Waals surface area (Å²) in [5.74, 6) is -3.15. The van der Waals surface area contributed by atoms with Crippen LogP contribution in [0.15, 0.2) is 47.4 Å². The Bertz CT molecular complexity index is 1410. The zero-order valence-corrected chi connectivity index (χ0v) is 21.2. The van der Waals surface area contributed by atoms with Crippen LogP contribution in [0.25, 0.3) is 0 Å². The van der Waals surface area contributed by atoms with Gasteiger partial charge in [0, 0.05) is 5.69 Å². The van der Waals surface area contributed by atoms with Crippen LogP contribution in [-0.4, -0.2) is 38.8 Å². The lowest BCUT2D eigenvalue weighted by Gasteiger charge is -2.32. The van der Waals surface area contributed by atoms with Crippen LogP contribution in [0.2, 0.25) is 0 Å². The first-order valence-corrected chi connectivity index (χ1v) is 13.3. The fraction of sp³-hybridized carbons (Fsp3) is 0.364. The zero-order valence-electron chi connectivity index (χ0n) is 19.6. The average Bonchev–Trinajstić information content (AvgIpc) is 2.71. The van der Waals surface area contributed by atoms with E-state index in [0.29, 0.717) is 6.07 Å². The summed E-state index contributed by atoms with van der Waals surface area (Å²) < 4.78 is 105. The number of nitriles is 1. The molecule has 0 aliphatic heterocycles. The number of carbonyl (C=O) groups excluding carboxylic acids is 1. The summed E-state index contributed by atoms with van der Waals surface area (Å²) in [6.45, 7) is 4.83. The molecule has 0 aliphatic rings. The molecule has 0 fully saturated rings. The number of sulfonamides is 1. The molecule has 0 heterocycles. The standard InChI is InChI=1S/C22H23F4N3O5S2/c1-20(2,3)36(33,34)29-21(4,13-35(31,32)17-9-6-15(23)7-10-17)19(30)28-16-8-5-14(12-27)18(11-16)22(24,25)26/h5-11,29H,13H2,1-4H3,(H,28,30)/t21-/m1/s1. The number of halogens is 4. The van der Waals surface area contributed by atoms with E-state index in [4.69, 9.17) is 5.26 Å². The van der Waals surface area contributed by atoms with Crippen molar-refractivity contribution in [3.8, 4) is 6.07 Å². The Kier molecular flexibility index (Phi) is 7.95. The smallest absolute Gasteiger partial charge is 0.324 e. The van der Waals surface area contributed by atoms with Gasteiger partial charge in [0.25, 0.3) is 0 Å². The molecule has 196 valence electrons. The Hall–Kier alpha value is -3.02. The van der Waals surface area contributed by atoms with Crippen LogP contribution in [0.1, 0.15) is 38.8 Å². The molecule has 0 aliphatic carbocycles. The Morgan fingerprint density at radius 1 is 0.972 bits per heavy atom. The molecule has 2 aromatic rings. The first kappa shape index (κ1) is 29.2. The van der Waals surface area contributed by atoms with Crippen molar-refractivity contribution in [3.63, 3.8) is 0 Å². The number of carbonyl (C=O) groups is 1. The minimum Gasteiger partial charge on any atom is -0.324 e. The van der Waals surface area contributed by atoms with Crippen LogP contribution in [0.4, 0.5) is 23.2 Å². The molecule has 0 spiro atoms. The minimum absolute atomic E-state index is 0.407. The topological polar surface area (TPSA) is 133 Å². The van der Waals surface area contributed by atoms with Crippen LogP contribution in [0.3, 0.4) is 0 Å². The lowest BCUT2D eigenvalue weighted by atomic mass is 10.0. The van der Waals surface area contributed by atoms with Gasteiger partial charge in [-0.3, -0.25) is 4.79 Å². The third-order valence-corrected chi connectivity index (χ3v) is 9.30. The molecule has 1 atom stereocenters. The number of nitrogens with zero attached hydrogens (tertiary/aromatic N) is 1. The first-order chi connectivity index (χ1) is 16.2. The number of alkyl halides is 3. The summed E-state index contributed by atoms with van der Waals surface area (Å²) in [5, 5.41) is 11.0. The monoisotopic (exact) mass is 549 g/mol. The maximum atomic E-state index is 13.3. The number of hydrogen-bond acceptors (Lipinski definition) is 6. The second kappa shape index (κ2) is 9.79. The summed E-state index contributed by atoms with van der Waals surface area (Å²) in [7, 11) is -8.76. The van der Waals surface area contributed by atoms with Crippen molar-refractivity contribution in [3.05, 3.63) is 59.4 Å². The van der Waals surface area contributed by atoms with E-state index >= 15 is 0 Å². The Morgan fingerprint density at radius 3 is 2.00 bits per heavy atom. The maximum Gasteiger partial charge on any atom is 0.417 e. The molecule has 2 rings (SSSR count). The fourth-order valence-corrected chi connectivity index (χ4v) is 5.76. The highest BCUT2D eigenvalue weighted by atomic mass is 32.2. The second-order valence-corrected chi connectivity index (χ2v) is 13.5. The summed E-state index contributed by atoms with van der Waals surface area (Å²) in [6, 6.07) is 7.23. The van der Waals surface area contributed by atoms with E-state index in [9.17, 15) is 39.2 Å². The largest absolute Gasteiger partial charge is 0.417 e. The number of amides is 1. The quantitative estimate of drug-likeness (QED) is 0.401. The van der Waals surface area contributed by atoms with E-state index in [1.54, 1.807) is 0 Å². The molecular weight excluding hydrogens is 526 g/mol. The predicted molar refractivity (Wildman–Crippen MR) is 123 cm³/mol. The Morgan fingerprint density at radius 2 is 1.53 bits per heavy atom. The van der Waals surface area contributed by atoms with Crippen molar-refractivity contribution in [2.75, 3.05) is 11.1 Å². The van der Waals surface area contributed by atoms with Crippen molar-refractivity contribution in [2.45, 2.75) is 49.1 Å². The molecule has 0 saturated carbocycles. The molecule has 1 amide bonds. The molecule has 14 heteroatoms. The lowest BCUT2D eigenvalue weighted by Crippen LogP contribution is -2.61. The van der Waals surface area contributed by atoms with Gasteiger partial charge in [-0.15, -0.1) is 0 Å². The van der Waals surface area contributed by atoms with Crippen molar-refractivity contribution in [1.29, 1.82) is 5.26 Å². The van der Waals surface area contributed by atoms with Gasteiger partial charge < -0.3 is 5.32 Å². The maximum absolute atomic E-state index is 13.3. The zero-order chi connectivity index (χ0) is 27.7. The Balaban J connectivity index is 2.56. The van der Waals surface area contributed by atoms with E-state index < -0.39 is 75.5 Å². The lowest BCUT2D eigenvalue weighted by molar-refractivity contribution is -0.137. The van der Waals surface area contributed by atoms with Gasteiger partial charge in [-0.25, -0.2) is 21.2 Å². The molecule has 0 radical (unpaired) electrons. The molecule has 2 aromatic carbocycles. The van der Waals surface area contributed by atoms with E-state index in [-0.39, 0.29) is 0 Å². The summed E-state index contributed by atoms with van der Waals surface area (Å²) in [6.07, 6.45) is -4.94. The molecule has 2 N–H and O–H groups in total. The SMILES string of the molecule is CC(C)(C)S(=O)(=O)N[C@](C)(CS(=O)(=O)c1ccc(F)cc1)C(=O)Nc1ccc(C#N)c(C(F)(F)F)c1. The van der Waals surface area contributed by atoms with Crippen molar-refractivity contribution in [1.82, 2.24) is 4.72 Å². The van der Waals surface area contributed by atoms with Crippen LogP contribution >= 0.6 is 0 Å². The average molecular weight is 550 g/mol. The van der Waals surface area contributed by atoms with Crippen LogP contribution in [0.5, 0.6) is 0 Å². The highest BCUT2D eigenvalue weighted by molar-refractivity contribution is 7.92. The number of benzene rings is 2. The van der Waals surface area contributed by atoms with Gasteiger partial charge in [0.1, 0.15) is 11.4 Å². The number of rotatable bonds is 7. The van der Waals surface area contributed by atoms with E-state index in [2.05, 4.69) is 10.0 Å². The van der Waals surface area contributed by atoms with E-state index in [1.807, 2.05) is 0 Å². The third kappa shape index (κ3) is 6.59. The van der Waals surface area contributed by atoms with Crippen molar-refractivity contribution >= 4 is 31.5 Å². The van der Waals surface area contributed by atoms with Crippen LogP contribution in [0, 0.1) is 17.1 Å². The van der Waals surface area contributed by atoms with Gasteiger partial charge in [-0.1, -0.05) is 0 Å². The molecule has 0 aromatic heterocycles. The number of sulfone groups is 1. The normalized spacial score (nSPS) is 14.5. The van der Waals surface area contributed by atoms with Gasteiger partial charge >= 0.3 is 6.18 Å². The summed E-state index contributed by atoms with van der Waals surface area (Å²) in [4.78, 5) is 12.8. The second-order valence-electron chi connectivity index (χ2n) is 9.09. The number of anilines is 1. The van der Waals surface area contributed by atoms with E-state index in [1.165, 1.54) is 26.8 Å². The Labute approximate surface area is 206 Å². The highest BCUT2D eigenvalue weighted by Crippen LogP contribution is 2.34. The van der Waals surface area contributed by atoms with Gasteiger partial charge in [0.15, 0.2) is 9.84 Å². The molecule has 8 nitrogen and oxygen atoms in total. The molecule has 0 saturated heterocycles. The minimum atomic E-state index is -4.94. The van der Waals surface area contributed by atoms with Crippen molar-refractivity contribution in [2.24, 2.45) is 0 Å². The molecule has 0 bridgehead atoms. The van der Waals surface area contributed by atoms with Gasteiger partial charge in [0.05, 0.1) is 32.6 Å². The molecule has 36 heavy (non-hydrogen) atoms. The summed E-state index contributed by atoms with van der Waals surface area (Å²) in [5.41, 5.74) is -4.92. The van der Waals surface area contributed by atoms with Gasteiger partial charge in [0.2, 0.25) is 15.9 Å².